The van der Waals surface area contributed by atoms with Crippen LogP contribution >= 0.6 is 11.6 Å². The summed E-state index contributed by atoms with van der Waals surface area (Å²) in [7, 11) is 0. The fourth-order valence-corrected chi connectivity index (χ4v) is 2.95. The van der Waals surface area contributed by atoms with Crippen molar-refractivity contribution < 1.29 is 13.2 Å². The monoisotopic (exact) mass is 416 g/mol. The molecule has 0 amide bonds. The van der Waals surface area contributed by atoms with Crippen molar-refractivity contribution in [2.75, 3.05) is 5.32 Å². The van der Waals surface area contributed by atoms with Gasteiger partial charge in [0.25, 0.3) is 0 Å². The van der Waals surface area contributed by atoms with Gasteiger partial charge in [0.1, 0.15) is 22.7 Å². The highest BCUT2D eigenvalue weighted by atomic mass is 35.5. The molecule has 0 radical (unpaired) electrons. The van der Waals surface area contributed by atoms with Crippen molar-refractivity contribution >= 4 is 34.3 Å². The van der Waals surface area contributed by atoms with Gasteiger partial charge in [-0.25, -0.2) is 19.9 Å². The van der Waals surface area contributed by atoms with E-state index >= 15 is 0 Å². The lowest BCUT2D eigenvalue weighted by Crippen LogP contribution is -2.06. The fourth-order valence-electron chi connectivity index (χ4n) is 2.63. The van der Waals surface area contributed by atoms with E-state index in [0.29, 0.717) is 33.3 Å². The molecule has 146 valence electrons. The number of aryl methyl sites for hydroxylation is 1. The van der Waals surface area contributed by atoms with Crippen LogP contribution in [0.1, 0.15) is 11.1 Å². The number of alkyl halides is 3. The molecule has 0 saturated carbocycles. The summed E-state index contributed by atoms with van der Waals surface area (Å²) in [4.78, 5) is 21.1. The fraction of sp³-hybridized carbons (Fsp3) is 0.105. The molecular formula is C19H12ClF3N6. The van der Waals surface area contributed by atoms with Crippen LogP contribution in [0.3, 0.4) is 0 Å². The summed E-state index contributed by atoms with van der Waals surface area (Å²) in [6, 6.07) is 5.60. The first kappa shape index (κ1) is 19.0. The van der Waals surface area contributed by atoms with Gasteiger partial charge in [-0.15, -0.1) is 0 Å². The van der Waals surface area contributed by atoms with Gasteiger partial charge >= 0.3 is 6.18 Å². The number of fused-ring (bicyclic) bond motifs is 1. The Kier molecular flexibility index (Phi) is 4.75. The molecule has 0 unspecified atom stereocenters. The molecule has 0 aliphatic heterocycles. The Hall–Kier alpha value is -3.33. The Bertz CT molecular complexity index is 1190. The molecule has 0 bridgehead atoms. The number of rotatable bonds is 3. The first-order chi connectivity index (χ1) is 13.8. The van der Waals surface area contributed by atoms with E-state index in [9.17, 15) is 13.2 Å². The number of hydrogen-bond acceptors (Lipinski definition) is 6. The second-order valence-corrected chi connectivity index (χ2v) is 6.59. The number of hydrogen-bond donors (Lipinski definition) is 1. The highest BCUT2D eigenvalue weighted by Gasteiger charge is 2.30. The molecule has 4 heterocycles. The van der Waals surface area contributed by atoms with E-state index < -0.39 is 11.7 Å². The summed E-state index contributed by atoms with van der Waals surface area (Å²) in [5.74, 6) is 0.236. The maximum Gasteiger partial charge on any atom is 0.417 e. The van der Waals surface area contributed by atoms with E-state index in [0.717, 1.165) is 17.8 Å². The third-order valence-corrected chi connectivity index (χ3v) is 4.31. The van der Waals surface area contributed by atoms with Crippen LogP contribution in [0, 0.1) is 6.92 Å². The molecule has 6 nitrogen and oxygen atoms in total. The first-order valence-corrected chi connectivity index (χ1v) is 8.73. The van der Waals surface area contributed by atoms with Crippen molar-refractivity contribution in [2.45, 2.75) is 13.1 Å². The van der Waals surface area contributed by atoms with Gasteiger partial charge in [0.2, 0.25) is 0 Å². The molecule has 0 atom stereocenters. The van der Waals surface area contributed by atoms with Gasteiger partial charge in [0, 0.05) is 18.6 Å². The Labute approximate surface area is 167 Å². The summed E-state index contributed by atoms with van der Waals surface area (Å²) in [5.41, 5.74) is 2.30. The molecule has 0 spiro atoms. The Morgan fingerprint density at radius 3 is 2.48 bits per heavy atom. The maximum atomic E-state index is 12.7. The van der Waals surface area contributed by atoms with Gasteiger partial charge in [0.15, 0.2) is 5.65 Å². The zero-order valence-corrected chi connectivity index (χ0v) is 15.6. The quantitative estimate of drug-likeness (QED) is 0.494. The van der Waals surface area contributed by atoms with Crippen molar-refractivity contribution in [3.63, 3.8) is 0 Å². The second kappa shape index (κ2) is 7.25. The standard InChI is InChI=1S/C19H12ClF3N6/c1-10-6-12(20)16(26-7-10)14-9-27-17-13(4-5-24-18(17)29-14)28-15-3-2-11(8-25-15)19(21,22)23/h2-9H,1H3,(H,24,25,28,29). The number of nitrogens with zero attached hydrogens (tertiary/aromatic N) is 5. The summed E-state index contributed by atoms with van der Waals surface area (Å²) in [6.45, 7) is 1.88. The molecule has 0 aliphatic rings. The molecule has 0 saturated heterocycles. The van der Waals surface area contributed by atoms with Gasteiger partial charge in [-0.3, -0.25) is 4.98 Å². The largest absolute Gasteiger partial charge is 0.417 e. The normalized spacial score (nSPS) is 11.6. The van der Waals surface area contributed by atoms with E-state index in [1.807, 2.05) is 6.92 Å². The number of nitrogens with one attached hydrogen (secondary N) is 1. The molecule has 1 N–H and O–H groups in total. The summed E-state index contributed by atoms with van der Waals surface area (Å²) < 4.78 is 38.0. The molecule has 4 aromatic heterocycles. The lowest BCUT2D eigenvalue weighted by atomic mass is 10.2. The predicted molar refractivity (Wildman–Crippen MR) is 103 cm³/mol. The van der Waals surface area contributed by atoms with Crippen LogP contribution in [0.5, 0.6) is 0 Å². The SMILES string of the molecule is Cc1cnc(-c2cnc3c(Nc4ccc(C(F)(F)F)cn4)ccnc3n2)c(Cl)c1. The molecule has 0 aromatic carbocycles. The Morgan fingerprint density at radius 1 is 0.966 bits per heavy atom. The van der Waals surface area contributed by atoms with Gasteiger partial charge in [-0.05, 0) is 36.8 Å². The van der Waals surface area contributed by atoms with Gasteiger partial charge in [-0.1, -0.05) is 11.6 Å². The summed E-state index contributed by atoms with van der Waals surface area (Å²) in [5, 5.41) is 3.39. The van der Waals surface area contributed by atoms with E-state index in [2.05, 4.69) is 30.2 Å². The number of halogens is 4. The van der Waals surface area contributed by atoms with Crippen LogP contribution in [0.15, 0.2) is 49.1 Å². The van der Waals surface area contributed by atoms with Gasteiger partial charge in [0.05, 0.1) is 22.5 Å². The second-order valence-electron chi connectivity index (χ2n) is 6.18. The number of aromatic nitrogens is 5. The smallest absolute Gasteiger partial charge is 0.338 e. The molecule has 0 aliphatic carbocycles. The maximum absolute atomic E-state index is 12.7. The molecule has 4 rings (SSSR count). The third-order valence-electron chi connectivity index (χ3n) is 4.02. The minimum absolute atomic E-state index is 0.236. The van der Waals surface area contributed by atoms with Crippen LogP contribution in [-0.4, -0.2) is 24.9 Å². The lowest BCUT2D eigenvalue weighted by Gasteiger charge is -2.10. The van der Waals surface area contributed by atoms with Crippen molar-refractivity contribution in [2.24, 2.45) is 0 Å². The molecule has 10 heteroatoms. The van der Waals surface area contributed by atoms with Crippen molar-refractivity contribution in [3.8, 4) is 11.4 Å². The number of pyridine rings is 3. The molecule has 29 heavy (non-hydrogen) atoms. The minimum Gasteiger partial charge on any atom is -0.338 e. The highest BCUT2D eigenvalue weighted by molar-refractivity contribution is 6.33. The minimum atomic E-state index is -4.44. The third kappa shape index (κ3) is 3.95. The highest BCUT2D eigenvalue weighted by Crippen LogP contribution is 2.30. The molecule has 0 fully saturated rings. The Morgan fingerprint density at radius 2 is 1.79 bits per heavy atom. The predicted octanol–water partition coefficient (Wildman–Crippen LogP) is 5.21. The Balaban J connectivity index is 1.68. The zero-order valence-electron chi connectivity index (χ0n) is 14.9. The average molecular weight is 417 g/mol. The van der Waals surface area contributed by atoms with Crippen LogP contribution in [0.2, 0.25) is 5.02 Å². The van der Waals surface area contributed by atoms with Crippen molar-refractivity contribution in [1.29, 1.82) is 0 Å². The summed E-state index contributed by atoms with van der Waals surface area (Å²) in [6.07, 6.45) is 1.02. The van der Waals surface area contributed by atoms with Crippen molar-refractivity contribution in [1.82, 2.24) is 24.9 Å². The van der Waals surface area contributed by atoms with Crippen LogP contribution in [0.25, 0.3) is 22.6 Å². The van der Waals surface area contributed by atoms with Crippen LogP contribution in [0.4, 0.5) is 24.7 Å². The van der Waals surface area contributed by atoms with E-state index in [-0.39, 0.29) is 5.82 Å². The van der Waals surface area contributed by atoms with E-state index in [1.54, 1.807) is 18.3 Å². The van der Waals surface area contributed by atoms with E-state index in [4.69, 9.17) is 11.6 Å². The lowest BCUT2D eigenvalue weighted by molar-refractivity contribution is -0.137. The molecular weight excluding hydrogens is 405 g/mol. The molecule has 4 aromatic rings. The first-order valence-electron chi connectivity index (χ1n) is 8.36. The number of anilines is 2. The van der Waals surface area contributed by atoms with Gasteiger partial charge in [-0.2, -0.15) is 13.2 Å². The topological polar surface area (TPSA) is 76.5 Å². The average Bonchev–Trinajstić information content (AvgIpc) is 2.67. The zero-order chi connectivity index (χ0) is 20.6. The van der Waals surface area contributed by atoms with Gasteiger partial charge < -0.3 is 5.32 Å². The van der Waals surface area contributed by atoms with Crippen LogP contribution < -0.4 is 5.32 Å². The van der Waals surface area contributed by atoms with Crippen LogP contribution in [-0.2, 0) is 6.18 Å². The van der Waals surface area contributed by atoms with E-state index in [1.165, 1.54) is 18.5 Å². The summed E-state index contributed by atoms with van der Waals surface area (Å²) >= 11 is 6.25. The van der Waals surface area contributed by atoms with Crippen molar-refractivity contribution in [3.05, 3.63) is 65.2 Å².